The highest BCUT2D eigenvalue weighted by molar-refractivity contribution is 5.67. The van der Waals surface area contributed by atoms with Gasteiger partial charge in [-0.05, 0) is 12.1 Å². The molecule has 7 nitrogen and oxygen atoms in total. The summed E-state index contributed by atoms with van der Waals surface area (Å²) in [6, 6.07) is 5.56. The molecule has 0 aliphatic carbocycles. The van der Waals surface area contributed by atoms with E-state index < -0.39 is 0 Å². The SMILES string of the molecule is Cn1nnc2c(=O)n(Cc3ccccn3)cnc21. The molecule has 0 N–H and O–H groups in total. The summed E-state index contributed by atoms with van der Waals surface area (Å²) >= 11 is 0. The van der Waals surface area contributed by atoms with E-state index in [0.29, 0.717) is 12.2 Å². The zero-order valence-electron chi connectivity index (χ0n) is 9.69. The Bertz CT molecular complexity index is 745. The Balaban J connectivity index is 2.08. The Hall–Kier alpha value is -2.57. The van der Waals surface area contributed by atoms with Crippen LogP contribution >= 0.6 is 0 Å². The van der Waals surface area contributed by atoms with Crippen LogP contribution in [0.1, 0.15) is 5.69 Å². The zero-order chi connectivity index (χ0) is 12.5. The van der Waals surface area contributed by atoms with Gasteiger partial charge < -0.3 is 0 Å². The molecule has 0 aliphatic rings. The second kappa shape index (κ2) is 4.02. The molecule has 0 spiro atoms. The highest BCUT2D eigenvalue weighted by atomic mass is 16.1. The van der Waals surface area contributed by atoms with Gasteiger partial charge in [-0.3, -0.25) is 14.3 Å². The fourth-order valence-corrected chi connectivity index (χ4v) is 1.73. The van der Waals surface area contributed by atoms with E-state index in [1.165, 1.54) is 15.6 Å². The zero-order valence-corrected chi connectivity index (χ0v) is 9.69. The first kappa shape index (κ1) is 10.6. The monoisotopic (exact) mass is 242 g/mol. The van der Waals surface area contributed by atoms with Crippen LogP contribution in [0.5, 0.6) is 0 Å². The number of fused-ring (bicyclic) bond motifs is 1. The number of aromatic nitrogens is 6. The molecular weight excluding hydrogens is 232 g/mol. The number of pyridine rings is 1. The topological polar surface area (TPSA) is 78.5 Å². The molecule has 0 unspecified atom stereocenters. The Morgan fingerprint density at radius 1 is 1.28 bits per heavy atom. The van der Waals surface area contributed by atoms with Gasteiger partial charge in [0.1, 0.15) is 6.33 Å². The molecular formula is C11H10N6O. The average molecular weight is 242 g/mol. The molecule has 3 heterocycles. The third-order valence-corrected chi connectivity index (χ3v) is 2.64. The first-order chi connectivity index (χ1) is 8.75. The summed E-state index contributed by atoms with van der Waals surface area (Å²) < 4.78 is 2.95. The molecule has 3 rings (SSSR count). The van der Waals surface area contributed by atoms with E-state index in [1.54, 1.807) is 13.2 Å². The lowest BCUT2D eigenvalue weighted by Crippen LogP contribution is -2.21. The quantitative estimate of drug-likeness (QED) is 0.630. The Morgan fingerprint density at radius 2 is 2.17 bits per heavy atom. The minimum atomic E-state index is -0.209. The van der Waals surface area contributed by atoms with Crippen molar-refractivity contribution in [2.45, 2.75) is 6.54 Å². The van der Waals surface area contributed by atoms with Crippen molar-refractivity contribution in [1.82, 2.24) is 29.5 Å². The highest BCUT2D eigenvalue weighted by Crippen LogP contribution is 2.01. The van der Waals surface area contributed by atoms with Crippen LogP contribution in [0, 0.1) is 0 Å². The van der Waals surface area contributed by atoms with Gasteiger partial charge in [-0.15, -0.1) is 5.10 Å². The van der Waals surface area contributed by atoms with Crippen molar-refractivity contribution in [1.29, 1.82) is 0 Å². The molecule has 0 radical (unpaired) electrons. The van der Waals surface area contributed by atoms with Crippen molar-refractivity contribution in [3.63, 3.8) is 0 Å². The summed E-state index contributed by atoms with van der Waals surface area (Å²) in [7, 11) is 1.70. The number of nitrogens with zero attached hydrogens (tertiary/aromatic N) is 6. The van der Waals surface area contributed by atoms with Crippen molar-refractivity contribution in [2.24, 2.45) is 7.05 Å². The molecule has 90 valence electrons. The minimum absolute atomic E-state index is 0.209. The van der Waals surface area contributed by atoms with Crippen molar-refractivity contribution >= 4 is 11.2 Å². The molecule has 3 aromatic rings. The van der Waals surface area contributed by atoms with E-state index in [4.69, 9.17) is 0 Å². The van der Waals surface area contributed by atoms with Gasteiger partial charge in [-0.25, -0.2) is 9.67 Å². The fourth-order valence-electron chi connectivity index (χ4n) is 1.73. The first-order valence-electron chi connectivity index (χ1n) is 5.40. The fraction of sp³-hybridized carbons (Fsp3) is 0.182. The standard InChI is InChI=1S/C11H10N6O/c1-16-10-9(14-15-16)11(18)17(7-13-10)6-8-4-2-3-5-12-8/h2-5,7H,6H2,1H3. The van der Waals surface area contributed by atoms with E-state index in [1.807, 2.05) is 18.2 Å². The summed E-state index contributed by atoms with van der Waals surface area (Å²) in [5.74, 6) is 0. The largest absolute Gasteiger partial charge is 0.291 e. The number of hydrogen-bond acceptors (Lipinski definition) is 5. The maximum Gasteiger partial charge on any atom is 0.283 e. The van der Waals surface area contributed by atoms with Gasteiger partial charge in [0.2, 0.25) is 0 Å². The summed E-state index contributed by atoms with van der Waals surface area (Å²) in [4.78, 5) is 20.5. The molecule has 0 amide bonds. The minimum Gasteiger partial charge on any atom is -0.291 e. The van der Waals surface area contributed by atoms with E-state index >= 15 is 0 Å². The van der Waals surface area contributed by atoms with Gasteiger partial charge in [-0.1, -0.05) is 11.3 Å². The van der Waals surface area contributed by atoms with Crippen LogP contribution in [0.25, 0.3) is 11.2 Å². The van der Waals surface area contributed by atoms with Crippen LogP contribution in [0.4, 0.5) is 0 Å². The molecule has 0 aromatic carbocycles. The smallest absolute Gasteiger partial charge is 0.283 e. The molecule has 0 atom stereocenters. The first-order valence-corrected chi connectivity index (χ1v) is 5.40. The third kappa shape index (κ3) is 1.65. The summed E-state index contributed by atoms with van der Waals surface area (Å²) in [6.07, 6.45) is 3.18. The van der Waals surface area contributed by atoms with E-state index in [2.05, 4.69) is 20.3 Å². The predicted molar refractivity (Wildman–Crippen MR) is 63.9 cm³/mol. The van der Waals surface area contributed by atoms with E-state index in [0.717, 1.165) is 5.69 Å². The molecule has 0 aliphatic heterocycles. The Labute approximate surface area is 102 Å². The van der Waals surface area contributed by atoms with Crippen molar-refractivity contribution in [3.05, 3.63) is 46.8 Å². The maximum absolute atomic E-state index is 12.1. The Morgan fingerprint density at radius 3 is 2.94 bits per heavy atom. The molecule has 0 saturated heterocycles. The molecule has 0 saturated carbocycles. The number of hydrogen-bond donors (Lipinski definition) is 0. The predicted octanol–water partition coefficient (Wildman–Crippen LogP) is -0.0317. The van der Waals surface area contributed by atoms with E-state index in [-0.39, 0.29) is 11.1 Å². The van der Waals surface area contributed by atoms with Crippen LogP contribution in [0.3, 0.4) is 0 Å². The lowest BCUT2D eigenvalue weighted by molar-refractivity contribution is 0.718. The molecule has 18 heavy (non-hydrogen) atoms. The second-order valence-electron chi connectivity index (χ2n) is 3.88. The van der Waals surface area contributed by atoms with E-state index in [9.17, 15) is 4.79 Å². The van der Waals surface area contributed by atoms with Gasteiger partial charge >= 0.3 is 0 Å². The normalized spacial score (nSPS) is 10.9. The van der Waals surface area contributed by atoms with Crippen molar-refractivity contribution < 1.29 is 0 Å². The maximum atomic E-state index is 12.1. The lowest BCUT2D eigenvalue weighted by atomic mass is 10.3. The third-order valence-electron chi connectivity index (χ3n) is 2.64. The van der Waals surface area contributed by atoms with Gasteiger partial charge in [0, 0.05) is 13.2 Å². The van der Waals surface area contributed by atoms with Crippen molar-refractivity contribution in [2.75, 3.05) is 0 Å². The molecule has 3 aromatic heterocycles. The molecule has 0 bridgehead atoms. The van der Waals surface area contributed by atoms with Gasteiger partial charge in [-0.2, -0.15) is 0 Å². The Kier molecular flexibility index (Phi) is 2.36. The molecule has 7 heteroatoms. The average Bonchev–Trinajstić information content (AvgIpc) is 2.77. The number of aryl methyl sites for hydroxylation is 1. The van der Waals surface area contributed by atoms with Crippen LogP contribution in [0.15, 0.2) is 35.5 Å². The van der Waals surface area contributed by atoms with Crippen LogP contribution in [-0.2, 0) is 13.6 Å². The lowest BCUT2D eigenvalue weighted by Gasteiger charge is -2.03. The van der Waals surface area contributed by atoms with Gasteiger partial charge in [0.15, 0.2) is 11.2 Å². The summed E-state index contributed by atoms with van der Waals surface area (Å²) in [5, 5.41) is 7.60. The number of rotatable bonds is 2. The summed E-state index contributed by atoms with van der Waals surface area (Å²) in [5.41, 5.74) is 1.34. The van der Waals surface area contributed by atoms with Gasteiger partial charge in [0.25, 0.3) is 5.56 Å². The van der Waals surface area contributed by atoms with Gasteiger partial charge in [0.05, 0.1) is 12.2 Å². The highest BCUT2D eigenvalue weighted by Gasteiger charge is 2.09. The molecule has 0 fully saturated rings. The second-order valence-corrected chi connectivity index (χ2v) is 3.88. The van der Waals surface area contributed by atoms with Crippen LogP contribution < -0.4 is 5.56 Å². The van der Waals surface area contributed by atoms with Crippen LogP contribution in [-0.4, -0.2) is 29.5 Å². The van der Waals surface area contributed by atoms with Crippen molar-refractivity contribution in [3.8, 4) is 0 Å². The van der Waals surface area contributed by atoms with Crippen LogP contribution in [0.2, 0.25) is 0 Å². The summed E-state index contributed by atoms with van der Waals surface area (Å²) in [6.45, 7) is 0.374.